The predicted molar refractivity (Wildman–Crippen MR) is 370 cm³/mol. The van der Waals surface area contributed by atoms with Crippen LogP contribution in [0.1, 0.15) is 97.2 Å². The minimum absolute atomic E-state index is 0.0385. The number of hydrogen-bond donors (Lipinski definition) is 0. The average molecular weight is 1120 g/mol. The third kappa shape index (κ3) is 9.70. The Morgan fingerprint density at radius 3 is 0.643 bits per heavy atom. The second-order valence-electron chi connectivity index (χ2n) is 26.1. The lowest BCUT2D eigenvalue weighted by atomic mass is 9.85. The van der Waals surface area contributed by atoms with Crippen molar-refractivity contribution in [2.24, 2.45) is 0 Å². The minimum Gasteiger partial charge on any atom is -0.0888 e. The number of rotatable bonds is 8. The molecular weight excluding hydrogens is 1050 g/mol. The van der Waals surface area contributed by atoms with E-state index < -0.39 is 0 Å². The maximum Gasteiger partial charge on any atom is 0.0280 e. The molecule has 2 heteroatoms. The molecule has 0 atom stereocenters. The zero-order valence-electron chi connectivity index (χ0n) is 51.3. The minimum atomic E-state index is 0.0385. The molecule has 0 aliphatic rings. The summed E-state index contributed by atoms with van der Waals surface area (Å²) in [5.74, 6) is 0. The van der Waals surface area contributed by atoms with Gasteiger partial charge in [0, 0.05) is 19.6 Å². The Morgan fingerprint density at radius 2 is 0.440 bits per heavy atom. The molecule has 0 aliphatic heterocycles. The maximum atomic E-state index is 2.54. The molecular formula is C82H74S2. The van der Waals surface area contributed by atoms with E-state index in [1.807, 2.05) is 23.5 Å². The highest BCUT2D eigenvalue weighted by Gasteiger charge is 2.24. The van der Waals surface area contributed by atoms with E-state index in [9.17, 15) is 0 Å². The zero-order valence-corrected chi connectivity index (χ0v) is 52.9. The van der Waals surface area contributed by atoms with E-state index in [0.717, 1.165) is 0 Å². The summed E-state index contributed by atoms with van der Waals surface area (Å²) in [5.41, 5.74) is 23.4. The number of hydrogen-bond acceptors (Lipinski definition) is 2. The Hall–Kier alpha value is -7.88. The molecule has 0 saturated carbocycles. The molecule has 0 aliphatic carbocycles. The fourth-order valence-electron chi connectivity index (χ4n) is 13.7. The topological polar surface area (TPSA) is 0 Å². The summed E-state index contributed by atoms with van der Waals surface area (Å²) in [6.45, 7) is 32.0. The number of aryl methyl sites for hydroxylation is 8. The maximum absolute atomic E-state index is 2.54. The highest BCUT2D eigenvalue weighted by Crippen LogP contribution is 2.52. The van der Waals surface area contributed by atoms with E-state index in [0.29, 0.717) is 0 Å². The molecule has 0 spiro atoms. The van der Waals surface area contributed by atoms with Crippen molar-refractivity contribution in [2.75, 3.05) is 0 Å². The molecule has 84 heavy (non-hydrogen) atoms. The molecule has 0 aromatic heterocycles. The van der Waals surface area contributed by atoms with Gasteiger partial charge >= 0.3 is 0 Å². The van der Waals surface area contributed by atoms with Gasteiger partial charge in [-0.15, -0.1) is 0 Å². The molecule has 13 aromatic carbocycles. The Balaban J connectivity index is 1.18. The third-order valence-electron chi connectivity index (χ3n) is 18.1. The molecule has 0 amide bonds. The van der Waals surface area contributed by atoms with E-state index in [1.54, 1.807) is 0 Å². The van der Waals surface area contributed by atoms with Crippen LogP contribution in [0.3, 0.4) is 0 Å². The summed E-state index contributed by atoms with van der Waals surface area (Å²) in [4.78, 5) is 5.01. The highest BCUT2D eigenvalue weighted by molar-refractivity contribution is 8.00. The monoisotopic (exact) mass is 1120 g/mol. The summed E-state index contributed by atoms with van der Waals surface area (Å²) in [7, 11) is 0. The van der Waals surface area contributed by atoms with E-state index >= 15 is 0 Å². The summed E-state index contributed by atoms with van der Waals surface area (Å²) >= 11 is 3.83. The standard InChI is InChI=1S/C82H74S2/c1-47-19-15-20-48(2)75(47)63-35-36-64(76-49(3)21-16-22-50(76)4)68-40-56-44-72-71(43-55(56)39-67(63)68)79(83-61-31-27-59(28-32-61)81(9,10)11)73-45-57-41-69-65(77-51(5)23-17-24-52(77)6)37-38-66(78-53(7)25-18-26-54(78)8)70(69)42-58(57)46-74(73)80(72)84-62-33-29-60(30-34-62)82(12,13)14/h15-46H,1-14H3. The summed E-state index contributed by atoms with van der Waals surface area (Å²) in [6, 6.07) is 75.5. The molecule has 0 bridgehead atoms. The van der Waals surface area contributed by atoms with Crippen LogP contribution in [0.4, 0.5) is 0 Å². The van der Waals surface area contributed by atoms with Crippen molar-refractivity contribution in [2.45, 2.75) is 127 Å². The van der Waals surface area contributed by atoms with Gasteiger partial charge in [-0.3, -0.25) is 0 Å². The Kier molecular flexibility index (Phi) is 13.8. The Bertz CT molecular complexity index is 4210. The lowest BCUT2D eigenvalue weighted by molar-refractivity contribution is 0.589. The van der Waals surface area contributed by atoms with Crippen molar-refractivity contribution in [1.82, 2.24) is 0 Å². The van der Waals surface area contributed by atoms with Gasteiger partial charge in [-0.25, -0.2) is 0 Å². The van der Waals surface area contributed by atoms with Gasteiger partial charge < -0.3 is 0 Å². The van der Waals surface area contributed by atoms with E-state index in [4.69, 9.17) is 0 Å². The van der Waals surface area contributed by atoms with Crippen molar-refractivity contribution in [3.8, 4) is 44.5 Å². The van der Waals surface area contributed by atoms with Crippen molar-refractivity contribution in [3.05, 3.63) is 250 Å². The highest BCUT2D eigenvalue weighted by atomic mass is 32.2. The molecule has 13 rings (SSSR count). The molecule has 0 N–H and O–H groups in total. The van der Waals surface area contributed by atoms with Gasteiger partial charge in [-0.2, -0.15) is 0 Å². The van der Waals surface area contributed by atoms with Crippen molar-refractivity contribution in [3.63, 3.8) is 0 Å². The fourth-order valence-corrected chi connectivity index (χ4v) is 15.8. The van der Waals surface area contributed by atoms with E-state index in [1.165, 1.54) is 184 Å². The van der Waals surface area contributed by atoms with Crippen molar-refractivity contribution >= 4 is 88.2 Å². The molecule has 0 unspecified atom stereocenters. The summed E-state index contributed by atoms with van der Waals surface area (Å²) in [6.07, 6.45) is 0. The molecule has 0 nitrogen and oxygen atoms in total. The van der Waals surface area contributed by atoms with Crippen LogP contribution >= 0.6 is 23.5 Å². The quantitative estimate of drug-likeness (QED) is 0.139. The van der Waals surface area contributed by atoms with E-state index in [-0.39, 0.29) is 10.8 Å². The van der Waals surface area contributed by atoms with Gasteiger partial charge in [-0.05, 0) is 304 Å². The first-order valence-corrected chi connectivity index (χ1v) is 31.5. The first-order valence-electron chi connectivity index (χ1n) is 29.9. The average Bonchev–Trinajstić information content (AvgIpc) is 0.864. The number of fused-ring (bicyclic) bond motifs is 6. The summed E-state index contributed by atoms with van der Waals surface area (Å²) < 4.78 is 0. The van der Waals surface area contributed by atoms with Crippen LogP contribution in [-0.2, 0) is 10.8 Å². The lowest BCUT2D eigenvalue weighted by Crippen LogP contribution is -2.10. The first-order chi connectivity index (χ1) is 40.2. The Labute approximate surface area is 506 Å². The van der Waals surface area contributed by atoms with Gasteiger partial charge in [0.1, 0.15) is 0 Å². The van der Waals surface area contributed by atoms with Crippen LogP contribution in [0.5, 0.6) is 0 Å². The van der Waals surface area contributed by atoms with Crippen LogP contribution in [0.15, 0.2) is 214 Å². The Morgan fingerprint density at radius 1 is 0.238 bits per heavy atom. The smallest absolute Gasteiger partial charge is 0.0280 e. The van der Waals surface area contributed by atoms with Crippen molar-refractivity contribution in [1.29, 1.82) is 0 Å². The zero-order chi connectivity index (χ0) is 58.7. The number of benzene rings is 13. The van der Waals surface area contributed by atoms with Crippen molar-refractivity contribution < 1.29 is 0 Å². The van der Waals surface area contributed by atoms with Crippen LogP contribution in [-0.4, -0.2) is 0 Å². The third-order valence-corrected chi connectivity index (χ3v) is 20.4. The second kappa shape index (κ2) is 21.0. The molecule has 13 aromatic rings. The van der Waals surface area contributed by atoms with Crippen LogP contribution in [0, 0.1) is 55.4 Å². The van der Waals surface area contributed by atoms with Gasteiger partial charge in [0.25, 0.3) is 0 Å². The van der Waals surface area contributed by atoms with Gasteiger partial charge in [0.05, 0.1) is 0 Å². The van der Waals surface area contributed by atoms with Gasteiger partial charge in [0.15, 0.2) is 0 Å². The largest absolute Gasteiger partial charge is 0.0888 e. The fraction of sp³-hybridized carbons (Fsp3) is 0.195. The molecule has 0 fully saturated rings. The predicted octanol–water partition coefficient (Wildman–Crippen LogP) is 24.6. The molecule has 0 radical (unpaired) electrons. The SMILES string of the molecule is Cc1cccc(C)c1-c1ccc(-c2c(C)cccc2C)c2cc3cc4c(Sc5ccc(C(C)(C)C)cc5)c5cc6cc7c(-c8c(C)cccc8C)ccc(-c8c(C)cccc8C)c7cc6cc5c(Sc5ccc(C(C)(C)C)cc5)c4cc3cc12. The normalized spacial score (nSPS) is 12.3. The molecule has 0 heterocycles. The molecule has 414 valence electrons. The van der Waals surface area contributed by atoms with Crippen LogP contribution < -0.4 is 0 Å². The van der Waals surface area contributed by atoms with Gasteiger partial charge in [0.2, 0.25) is 0 Å². The molecule has 0 saturated heterocycles. The second-order valence-corrected chi connectivity index (χ2v) is 28.3. The summed E-state index contributed by atoms with van der Waals surface area (Å²) in [5, 5.41) is 15.1. The van der Waals surface area contributed by atoms with Crippen LogP contribution in [0.25, 0.3) is 109 Å². The van der Waals surface area contributed by atoms with E-state index in [2.05, 4.69) is 291 Å². The first kappa shape index (κ1) is 55.3. The van der Waals surface area contributed by atoms with Gasteiger partial charge in [-0.1, -0.05) is 186 Å². The lowest BCUT2D eigenvalue weighted by Gasteiger charge is -2.22. The van der Waals surface area contributed by atoms with Crippen LogP contribution in [0.2, 0.25) is 0 Å².